The number of hydrogen-bond acceptors (Lipinski definition) is 8. The summed E-state index contributed by atoms with van der Waals surface area (Å²) in [6, 6.07) is 19.9. The number of furan rings is 1. The van der Waals surface area contributed by atoms with Crippen LogP contribution < -0.4 is 10.6 Å². The van der Waals surface area contributed by atoms with E-state index in [1.165, 1.54) is 7.11 Å². The molecule has 2 N–H and O–H groups in total. The summed E-state index contributed by atoms with van der Waals surface area (Å²) in [5, 5.41) is 15.1. The number of thioether (sulfide) groups is 1. The smallest absolute Gasteiger partial charge is 0.328 e. The van der Waals surface area contributed by atoms with Crippen LogP contribution in [0.25, 0.3) is 11.3 Å². The number of ether oxygens (including phenoxy) is 1. The van der Waals surface area contributed by atoms with E-state index in [4.69, 9.17) is 14.4 Å². The summed E-state index contributed by atoms with van der Waals surface area (Å²) < 4.78 is 12.6. The molecule has 0 saturated carbocycles. The maximum absolute atomic E-state index is 12.7. The number of nitriles is 1. The number of esters is 1. The van der Waals surface area contributed by atoms with Crippen molar-refractivity contribution in [2.75, 3.05) is 24.4 Å². The van der Waals surface area contributed by atoms with Crippen molar-refractivity contribution >= 4 is 29.3 Å². The van der Waals surface area contributed by atoms with Crippen LogP contribution in [0, 0.1) is 11.3 Å². The Labute approximate surface area is 231 Å². The minimum absolute atomic E-state index is 0.126. The van der Waals surface area contributed by atoms with Gasteiger partial charge < -0.3 is 24.4 Å². The molecule has 0 saturated heterocycles. The molecule has 0 aliphatic rings. The SMILES string of the molecule is COC(=O)[C@H](CCSC)NC(=O)c1ccc(-c2ccc(NCc3cncn3Cc3ccc(C#N)cc3)cc2)o1. The van der Waals surface area contributed by atoms with Gasteiger partial charge in [0.15, 0.2) is 5.76 Å². The predicted octanol–water partition coefficient (Wildman–Crippen LogP) is 4.70. The topological polar surface area (TPSA) is 122 Å². The minimum Gasteiger partial charge on any atom is -0.467 e. The lowest BCUT2D eigenvalue weighted by Crippen LogP contribution is -2.41. The third-order valence-electron chi connectivity index (χ3n) is 6.11. The van der Waals surface area contributed by atoms with E-state index in [0.717, 1.165) is 22.5 Å². The molecule has 39 heavy (non-hydrogen) atoms. The van der Waals surface area contributed by atoms with E-state index in [1.54, 1.807) is 30.2 Å². The van der Waals surface area contributed by atoms with Crippen molar-refractivity contribution in [3.63, 3.8) is 0 Å². The molecule has 4 rings (SSSR count). The number of carbonyl (C=O) groups is 2. The van der Waals surface area contributed by atoms with Gasteiger partial charge in [0.2, 0.25) is 0 Å². The summed E-state index contributed by atoms with van der Waals surface area (Å²) in [4.78, 5) is 28.9. The molecule has 2 aromatic heterocycles. The summed E-state index contributed by atoms with van der Waals surface area (Å²) >= 11 is 1.59. The van der Waals surface area contributed by atoms with Gasteiger partial charge in [-0.1, -0.05) is 12.1 Å². The van der Waals surface area contributed by atoms with Crippen molar-refractivity contribution in [3.8, 4) is 17.4 Å². The third kappa shape index (κ3) is 7.30. The van der Waals surface area contributed by atoms with E-state index < -0.39 is 17.9 Å². The molecule has 0 spiro atoms. The summed E-state index contributed by atoms with van der Waals surface area (Å²) in [5.41, 5.74) is 4.48. The number of anilines is 1. The molecule has 2 heterocycles. The van der Waals surface area contributed by atoms with Crippen LogP contribution in [0.15, 0.2) is 77.6 Å². The molecule has 0 aliphatic carbocycles. The largest absolute Gasteiger partial charge is 0.467 e. The Balaban J connectivity index is 1.34. The number of hydrogen-bond donors (Lipinski definition) is 2. The van der Waals surface area contributed by atoms with Gasteiger partial charge in [0, 0.05) is 24.0 Å². The highest BCUT2D eigenvalue weighted by Gasteiger charge is 2.23. The Hall–Kier alpha value is -4.49. The lowest BCUT2D eigenvalue weighted by molar-refractivity contribution is -0.142. The first-order valence-electron chi connectivity index (χ1n) is 12.3. The van der Waals surface area contributed by atoms with Crippen LogP contribution in [-0.2, 0) is 22.6 Å². The summed E-state index contributed by atoms with van der Waals surface area (Å²) in [7, 11) is 1.30. The molecule has 4 aromatic rings. The van der Waals surface area contributed by atoms with Crippen LogP contribution in [0.3, 0.4) is 0 Å². The monoisotopic (exact) mass is 543 g/mol. The number of nitrogens with zero attached hydrogens (tertiary/aromatic N) is 3. The lowest BCUT2D eigenvalue weighted by atomic mass is 10.1. The van der Waals surface area contributed by atoms with Gasteiger partial charge in [-0.2, -0.15) is 17.0 Å². The molecule has 1 amide bonds. The van der Waals surface area contributed by atoms with Gasteiger partial charge in [0.05, 0.1) is 37.3 Å². The standard InChI is InChI=1S/C29H29N5O4S/c1-37-29(36)25(13-14-39-2)33-28(35)27-12-11-26(38-27)22-7-9-23(10-8-22)32-17-24-16-31-19-34(24)18-21-5-3-20(15-30)4-6-21/h3-12,16,19,25,32H,13-14,17-18H2,1-2H3,(H,33,35)/t25-/m0/s1. The van der Waals surface area contributed by atoms with Gasteiger partial charge in [0.25, 0.3) is 5.91 Å². The highest BCUT2D eigenvalue weighted by atomic mass is 32.2. The van der Waals surface area contributed by atoms with Gasteiger partial charge in [-0.15, -0.1) is 0 Å². The average molecular weight is 544 g/mol. The molecule has 9 nitrogen and oxygen atoms in total. The van der Waals surface area contributed by atoms with E-state index in [-0.39, 0.29) is 5.76 Å². The lowest BCUT2D eigenvalue weighted by Gasteiger charge is -2.15. The first-order valence-corrected chi connectivity index (χ1v) is 13.7. The minimum atomic E-state index is -0.728. The summed E-state index contributed by atoms with van der Waals surface area (Å²) in [6.45, 7) is 1.24. The Morgan fingerprint density at radius 2 is 1.90 bits per heavy atom. The number of aromatic nitrogens is 2. The van der Waals surface area contributed by atoms with E-state index >= 15 is 0 Å². The molecule has 1 atom stereocenters. The normalized spacial score (nSPS) is 11.4. The van der Waals surface area contributed by atoms with Crippen molar-refractivity contribution < 1.29 is 18.7 Å². The second-order valence-corrected chi connectivity index (χ2v) is 9.73. The van der Waals surface area contributed by atoms with Gasteiger partial charge in [-0.3, -0.25) is 4.79 Å². The molecule has 10 heteroatoms. The molecule has 2 aromatic carbocycles. The Kier molecular flexibility index (Phi) is 9.43. The highest BCUT2D eigenvalue weighted by molar-refractivity contribution is 7.98. The second kappa shape index (κ2) is 13.3. The second-order valence-electron chi connectivity index (χ2n) is 8.75. The van der Waals surface area contributed by atoms with E-state index in [1.807, 2.05) is 61.0 Å². The van der Waals surface area contributed by atoms with Crippen molar-refractivity contribution in [2.24, 2.45) is 0 Å². The van der Waals surface area contributed by atoms with Crippen LogP contribution in [0.5, 0.6) is 0 Å². The molecule has 0 radical (unpaired) electrons. The molecule has 0 fully saturated rings. The van der Waals surface area contributed by atoms with Gasteiger partial charge in [0.1, 0.15) is 11.8 Å². The van der Waals surface area contributed by atoms with Gasteiger partial charge in [-0.25, -0.2) is 9.78 Å². The van der Waals surface area contributed by atoms with E-state index in [9.17, 15) is 9.59 Å². The summed E-state index contributed by atoms with van der Waals surface area (Å²) in [6.07, 6.45) is 6.02. The van der Waals surface area contributed by atoms with Crippen LogP contribution >= 0.6 is 11.8 Å². The Bertz CT molecular complexity index is 1440. The predicted molar refractivity (Wildman–Crippen MR) is 150 cm³/mol. The van der Waals surface area contributed by atoms with Gasteiger partial charge >= 0.3 is 5.97 Å². The number of benzene rings is 2. The van der Waals surface area contributed by atoms with Crippen LogP contribution in [0.4, 0.5) is 5.69 Å². The fourth-order valence-corrected chi connectivity index (χ4v) is 4.41. The Morgan fingerprint density at radius 3 is 2.59 bits per heavy atom. The number of nitrogens with one attached hydrogen (secondary N) is 2. The zero-order chi connectivity index (χ0) is 27.6. The molecule has 0 unspecified atom stereocenters. The van der Waals surface area contributed by atoms with Crippen molar-refractivity contribution in [3.05, 3.63) is 95.8 Å². The van der Waals surface area contributed by atoms with Gasteiger partial charge in [-0.05, 0) is 72.5 Å². The fourth-order valence-electron chi connectivity index (χ4n) is 3.94. The zero-order valence-corrected chi connectivity index (χ0v) is 22.5. The molecular weight excluding hydrogens is 514 g/mol. The number of rotatable bonds is 12. The maximum Gasteiger partial charge on any atom is 0.328 e. The molecule has 0 aliphatic heterocycles. The van der Waals surface area contributed by atoms with Crippen molar-refractivity contribution in [1.82, 2.24) is 14.9 Å². The number of amides is 1. The number of imidazole rings is 1. The quantitative estimate of drug-likeness (QED) is 0.247. The Morgan fingerprint density at radius 1 is 1.13 bits per heavy atom. The van der Waals surface area contributed by atoms with Crippen molar-refractivity contribution in [1.29, 1.82) is 5.26 Å². The molecular formula is C29H29N5O4S. The van der Waals surface area contributed by atoms with Crippen LogP contribution in [-0.4, -0.2) is 46.6 Å². The summed E-state index contributed by atoms with van der Waals surface area (Å²) in [5.74, 6) is 0.438. The van der Waals surface area contributed by atoms with Crippen molar-refractivity contribution in [2.45, 2.75) is 25.6 Å². The number of carbonyl (C=O) groups excluding carboxylic acids is 2. The first kappa shape index (κ1) is 27.5. The molecule has 0 bridgehead atoms. The van der Waals surface area contributed by atoms with Crippen LogP contribution in [0.2, 0.25) is 0 Å². The van der Waals surface area contributed by atoms with Crippen LogP contribution in [0.1, 0.15) is 33.8 Å². The number of methoxy groups -OCH3 is 1. The third-order valence-corrected chi connectivity index (χ3v) is 6.75. The molecule has 200 valence electrons. The first-order chi connectivity index (χ1) is 19.0. The highest BCUT2D eigenvalue weighted by Crippen LogP contribution is 2.24. The van der Waals surface area contributed by atoms with E-state index in [0.29, 0.717) is 36.6 Å². The average Bonchev–Trinajstić information content (AvgIpc) is 3.64. The maximum atomic E-state index is 12.7. The zero-order valence-electron chi connectivity index (χ0n) is 21.7. The fraction of sp³-hybridized carbons (Fsp3) is 0.241. The van der Waals surface area contributed by atoms with E-state index in [2.05, 4.69) is 26.3 Å².